The molecule has 3 aromatic rings. The fourth-order valence-corrected chi connectivity index (χ4v) is 4.87. The number of hydrogen-bond acceptors (Lipinski definition) is 6. The summed E-state index contributed by atoms with van der Waals surface area (Å²) < 4.78 is 12.0. The minimum atomic E-state index is -0.110. The van der Waals surface area contributed by atoms with Gasteiger partial charge in [0.1, 0.15) is 24.7 Å². The number of thioether (sulfide) groups is 2. The Morgan fingerprint density at radius 3 is 2.44 bits per heavy atom. The van der Waals surface area contributed by atoms with Crippen molar-refractivity contribution in [3.8, 4) is 11.5 Å². The molecule has 1 saturated heterocycles. The molecule has 0 unspecified atom stereocenters. The third kappa shape index (κ3) is 5.54. The molecule has 0 atom stereocenters. The molecule has 1 aliphatic rings. The topological polar surface area (TPSA) is 38.8 Å². The van der Waals surface area contributed by atoms with Gasteiger partial charge in [-0.3, -0.25) is 9.69 Å². The molecular formula is C25H21NO3S3. The first-order valence-electron chi connectivity index (χ1n) is 9.97. The van der Waals surface area contributed by atoms with Gasteiger partial charge in [-0.25, -0.2) is 0 Å². The Balaban J connectivity index is 1.41. The van der Waals surface area contributed by atoms with E-state index in [1.54, 1.807) is 16.7 Å². The van der Waals surface area contributed by atoms with Gasteiger partial charge in [-0.2, -0.15) is 0 Å². The Hall–Kier alpha value is -2.74. The van der Waals surface area contributed by atoms with Crippen LogP contribution < -0.4 is 14.4 Å². The predicted molar refractivity (Wildman–Crippen MR) is 138 cm³/mol. The molecule has 3 aromatic carbocycles. The quantitative estimate of drug-likeness (QED) is 0.164. The van der Waals surface area contributed by atoms with Crippen molar-refractivity contribution in [2.45, 2.75) is 4.90 Å². The molecule has 0 bridgehead atoms. The van der Waals surface area contributed by atoms with Gasteiger partial charge in [0.25, 0.3) is 5.91 Å². The molecule has 32 heavy (non-hydrogen) atoms. The van der Waals surface area contributed by atoms with Crippen LogP contribution in [0.3, 0.4) is 0 Å². The van der Waals surface area contributed by atoms with Crippen LogP contribution in [0, 0.1) is 0 Å². The van der Waals surface area contributed by atoms with E-state index in [1.807, 2.05) is 91.2 Å². The Labute approximate surface area is 201 Å². The second-order valence-corrected chi connectivity index (χ2v) is 9.36. The summed E-state index contributed by atoms with van der Waals surface area (Å²) in [5.41, 5.74) is 1.67. The minimum absolute atomic E-state index is 0.110. The molecule has 0 spiro atoms. The van der Waals surface area contributed by atoms with Crippen molar-refractivity contribution >= 4 is 57.7 Å². The van der Waals surface area contributed by atoms with Crippen molar-refractivity contribution in [3.05, 3.63) is 89.3 Å². The van der Waals surface area contributed by atoms with Crippen LogP contribution in [0.1, 0.15) is 5.56 Å². The molecular weight excluding hydrogens is 458 g/mol. The van der Waals surface area contributed by atoms with Crippen LogP contribution in [0.2, 0.25) is 0 Å². The third-order valence-corrected chi connectivity index (χ3v) is 6.65. The van der Waals surface area contributed by atoms with Gasteiger partial charge in [0.05, 0.1) is 10.6 Å². The monoisotopic (exact) mass is 479 g/mol. The zero-order valence-corrected chi connectivity index (χ0v) is 19.8. The molecule has 7 heteroatoms. The molecule has 0 N–H and O–H groups in total. The number of nitrogens with zero attached hydrogens (tertiary/aromatic N) is 1. The van der Waals surface area contributed by atoms with E-state index in [-0.39, 0.29) is 5.91 Å². The first-order chi connectivity index (χ1) is 15.6. The highest BCUT2D eigenvalue weighted by Gasteiger charge is 2.33. The average molecular weight is 480 g/mol. The highest BCUT2D eigenvalue weighted by Crippen LogP contribution is 2.37. The predicted octanol–water partition coefficient (Wildman–Crippen LogP) is 6.27. The van der Waals surface area contributed by atoms with E-state index in [0.717, 1.165) is 27.6 Å². The summed E-state index contributed by atoms with van der Waals surface area (Å²) in [7, 11) is 0. The number of rotatable bonds is 8. The van der Waals surface area contributed by atoms with Gasteiger partial charge in [-0.05, 0) is 60.4 Å². The van der Waals surface area contributed by atoms with Crippen LogP contribution >= 0.6 is 35.7 Å². The normalized spacial score (nSPS) is 14.8. The number of carbonyl (C=O) groups is 1. The largest absolute Gasteiger partial charge is 0.490 e. The summed E-state index contributed by atoms with van der Waals surface area (Å²) in [5, 5.41) is 0. The van der Waals surface area contributed by atoms with Gasteiger partial charge in [-0.15, -0.1) is 11.8 Å². The van der Waals surface area contributed by atoms with Crippen molar-refractivity contribution in [2.75, 3.05) is 24.4 Å². The fraction of sp³-hybridized carbons (Fsp3) is 0.120. The standard InChI is InChI=1S/C25H21NO3S3/c1-31-22-12-6-8-19(17-22)26-24(27)23(32-25(26)30)16-18-7-5-11-21(15-18)29-14-13-28-20-9-3-2-4-10-20/h2-12,15-17H,13-14H2,1H3/b23-16+. The van der Waals surface area contributed by atoms with E-state index in [0.29, 0.717) is 22.4 Å². The SMILES string of the molecule is CSc1cccc(N2C(=O)/C(=C\c3cccc(OCCOc4ccccc4)c3)SC2=S)c1. The Kier molecular flexibility index (Phi) is 7.52. The number of carbonyl (C=O) groups excluding carboxylic acids is 1. The van der Waals surface area contributed by atoms with E-state index in [1.165, 1.54) is 11.8 Å². The molecule has 4 nitrogen and oxygen atoms in total. The average Bonchev–Trinajstić information content (AvgIpc) is 3.10. The maximum Gasteiger partial charge on any atom is 0.270 e. The maximum atomic E-state index is 13.0. The summed E-state index contributed by atoms with van der Waals surface area (Å²) in [6, 6.07) is 25.1. The zero-order valence-electron chi connectivity index (χ0n) is 17.4. The minimum Gasteiger partial charge on any atom is -0.490 e. The van der Waals surface area contributed by atoms with Crippen molar-refractivity contribution in [1.82, 2.24) is 0 Å². The van der Waals surface area contributed by atoms with Crippen LogP contribution in [0.4, 0.5) is 5.69 Å². The van der Waals surface area contributed by atoms with Gasteiger partial charge in [-0.1, -0.05) is 60.4 Å². The second-order valence-electron chi connectivity index (χ2n) is 6.80. The Bertz CT molecular complexity index is 1150. The van der Waals surface area contributed by atoms with Crippen molar-refractivity contribution in [3.63, 3.8) is 0 Å². The highest BCUT2D eigenvalue weighted by atomic mass is 32.2. The number of thiocarbonyl (C=S) groups is 1. The van der Waals surface area contributed by atoms with E-state index in [9.17, 15) is 4.79 Å². The highest BCUT2D eigenvalue weighted by molar-refractivity contribution is 8.27. The van der Waals surface area contributed by atoms with E-state index in [2.05, 4.69) is 0 Å². The Morgan fingerprint density at radius 2 is 1.66 bits per heavy atom. The van der Waals surface area contributed by atoms with Crippen molar-refractivity contribution < 1.29 is 14.3 Å². The number of amides is 1. The van der Waals surface area contributed by atoms with Crippen molar-refractivity contribution in [2.24, 2.45) is 0 Å². The molecule has 0 aromatic heterocycles. The number of benzene rings is 3. The summed E-state index contributed by atoms with van der Waals surface area (Å²) >= 11 is 8.43. The molecule has 1 aliphatic heterocycles. The maximum absolute atomic E-state index is 13.0. The molecule has 0 aliphatic carbocycles. The van der Waals surface area contributed by atoms with Crippen LogP contribution in [-0.2, 0) is 4.79 Å². The zero-order chi connectivity index (χ0) is 22.3. The number of para-hydroxylation sites is 1. The second kappa shape index (κ2) is 10.7. The summed E-state index contributed by atoms with van der Waals surface area (Å²) in [5.74, 6) is 1.43. The summed E-state index contributed by atoms with van der Waals surface area (Å²) in [4.78, 5) is 16.3. The summed E-state index contributed by atoms with van der Waals surface area (Å²) in [6.07, 6.45) is 3.86. The first kappa shape index (κ1) is 22.5. The van der Waals surface area contributed by atoms with Crippen LogP contribution in [0.25, 0.3) is 6.08 Å². The lowest BCUT2D eigenvalue weighted by molar-refractivity contribution is -0.113. The Morgan fingerprint density at radius 1 is 0.938 bits per heavy atom. The number of ether oxygens (including phenoxy) is 2. The number of anilines is 1. The molecule has 4 rings (SSSR count). The molecule has 0 saturated carbocycles. The molecule has 1 amide bonds. The first-order valence-corrected chi connectivity index (χ1v) is 12.4. The van der Waals surface area contributed by atoms with Gasteiger partial charge in [0.2, 0.25) is 0 Å². The smallest absolute Gasteiger partial charge is 0.270 e. The lowest BCUT2D eigenvalue weighted by Crippen LogP contribution is -2.27. The lowest BCUT2D eigenvalue weighted by atomic mass is 10.2. The summed E-state index contributed by atoms with van der Waals surface area (Å²) in [6.45, 7) is 0.869. The van der Waals surface area contributed by atoms with Crippen LogP contribution in [-0.4, -0.2) is 29.7 Å². The molecule has 0 radical (unpaired) electrons. The van der Waals surface area contributed by atoms with E-state index < -0.39 is 0 Å². The van der Waals surface area contributed by atoms with Crippen molar-refractivity contribution in [1.29, 1.82) is 0 Å². The van der Waals surface area contributed by atoms with Gasteiger partial charge in [0.15, 0.2) is 4.32 Å². The molecule has 162 valence electrons. The molecule has 1 fully saturated rings. The van der Waals surface area contributed by atoms with Gasteiger partial charge >= 0.3 is 0 Å². The van der Waals surface area contributed by atoms with Gasteiger partial charge in [0, 0.05) is 4.90 Å². The third-order valence-electron chi connectivity index (χ3n) is 4.63. The fourth-order valence-electron chi connectivity index (χ4n) is 3.12. The van der Waals surface area contributed by atoms with Crippen LogP contribution in [0.5, 0.6) is 11.5 Å². The van der Waals surface area contributed by atoms with Gasteiger partial charge < -0.3 is 9.47 Å². The van der Waals surface area contributed by atoms with E-state index >= 15 is 0 Å². The number of hydrogen-bond donors (Lipinski definition) is 0. The molecule has 1 heterocycles. The van der Waals surface area contributed by atoms with E-state index in [4.69, 9.17) is 21.7 Å². The van der Waals surface area contributed by atoms with Crippen LogP contribution in [0.15, 0.2) is 88.7 Å². The lowest BCUT2D eigenvalue weighted by Gasteiger charge is -2.15.